The van der Waals surface area contributed by atoms with Crippen molar-refractivity contribution in [2.24, 2.45) is 0 Å². The van der Waals surface area contributed by atoms with E-state index in [1.54, 1.807) is 18.5 Å². The Balaban J connectivity index is 2.05. The van der Waals surface area contributed by atoms with Crippen molar-refractivity contribution in [3.63, 3.8) is 0 Å². The van der Waals surface area contributed by atoms with Gasteiger partial charge in [-0.3, -0.25) is 0 Å². The normalized spacial score (nSPS) is 12.4. The summed E-state index contributed by atoms with van der Waals surface area (Å²) in [5.41, 5.74) is 3.25. The van der Waals surface area contributed by atoms with Gasteiger partial charge in [0.2, 0.25) is 0 Å². The highest BCUT2D eigenvalue weighted by Gasteiger charge is 2.08. The molecule has 0 fully saturated rings. The van der Waals surface area contributed by atoms with E-state index >= 15 is 0 Å². The van der Waals surface area contributed by atoms with Crippen LogP contribution < -0.4 is 0 Å². The smallest absolute Gasteiger partial charge is 0.0846 e. The van der Waals surface area contributed by atoms with Crippen LogP contribution in [-0.4, -0.2) is 15.3 Å². The van der Waals surface area contributed by atoms with Gasteiger partial charge in [0, 0.05) is 18.2 Å². The molecule has 1 aromatic heterocycles. The van der Waals surface area contributed by atoms with E-state index in [2.05, 4.69) is 41.4 Å². The molecule has 2 rings (SSSR count). The van der Waals surface area contributed by atoms with Crippen molar-refractivity contribution < 1.29 is 5.11 Å². The van der Waals surface area contributed by atoms with Crippen molar-refractivity contribution in [1.82, 2.24) is 10.2 Å². The summed E-state index contributed by atoms with van der Waals surface area (Å²) < 4.78 is 0. The molecule has 0 amide bonds. The first-order valence-corrected chi connectivity index (χ1v) is 5.82. The molecule has 0 radical (unpaired) electrons. The summed E-state index contributed by atoms with van der Waals surface area (Å²) >= 11 is 0. The first-order chi connectivity index (χ1) is 8.29. The van der Waals surface area contributed by atoms with Crippen molar-refractivity contribution in [3.05, 3.63) is 59.4 Å². The molecule has 2 aromatic rings. The van der Waals surface area contributed by atoms with Crippen molar-refractivity contribution >= 4 is 0 Å². The third-order valence-corrected chi connectivity index (χ3v) is 2.85. The van der Waals surface area contributed by atoms with Crippen LogP contribution >= 0.6 is 0 Å². The third-order valence-electron chi connectivity index (χ3n) is 2.85. The van der Waals surface area contributed by atoms with Gasteiger partial charge in [-0.05, 0) is 23.6 Å². The van der Waals surface area contributed by atoms with Crippen molar-refractivity contribution in [2.75, 3.05) is 0 Å². The number of hydrogen-bond donors (Lipinski definition) is 1. The largest absolute Gasteiger partial charge is 0.388 e. The second-order valence-electron chi connectivity index (χ2n) is 4.07. The van der Waals surface area contributed by atoms with Crippen LogP contribution in [0.3, 0.4) is 0 Å². The zero-order valence-corrected chi connectivity index (χ0v) is 9.87. The maximum atomic E-state index is 10.0. The number of aliphatic hydroxyl groups is 1. The van der Waals surface area contributed by atoms with Gasteiger partial charge in [-0.1, -0.05) is 31.2 Å². The van der Waals surface area contributed by atoms with Crippen LogP contribution in [0.2, 0.25) is 0 Å². The fraction of sp³-hybridized carbons (Fsp3) is 0.286. The van der Waals surface area contributed by atoms with E-state index in [1.165, 1.54) is 5.56 Å². The maximum Gasteiger partial charge on any atom is 0.0846 e. The van der Waals surface area contributed by atoms with E-state index in [0.29, 0.717) is 6.42 Å². The van der Waals surface area contributed by atoms with Crippen LogP contribution in [0.4, 0.5) is 0 Å². The Kier molecular flexibility index (Phi) is 3.83. The van der Waals surface area contributed by atoms with E-state index < -0.39 is 6.10 Å². The van der Waals surface area contributed by atoms with E-state index in [9.17, 15) is 5.11 Å². The minimum absolute atomic E-state index is 0.516. The van der Waals surface area contributed by atoms with Gasteiger partial charge in [-0.2, -0.15) is 10.2 Å². The van der Waals surface area contributed by atoms with Crippen molar-refractivity contribution in [2.45, 2.75) is 25.9 Å². The monoisotopic (exact) mass is 228 g/mol. The minimum Gasteiger partial charge on any atom is -0.388 e. The average Bonchev–Trinajstić information content (AvgIpc) is 2.40. The van der Waals surface area contributed by atoms with Gasteiger partial charge in [0.1, 0.15) is 0 Å². The van der Waals surface area contributed by atoms with Crippen LogP contribution in [0.15, 0.2) is 42.7 Å². The van der Waals surface area contributed by atoms with E-state index in [1.807, 2.05) is 0 Å². The fourth-order valence-electron chi connectivity index (χ4n) is 1.75. The lowest BCUT2D eigenvalue weighted by Crippen LogP contribution is -2.02. The number of nitrogens with zero attached hydrogens (tertiary/aromatic N) is 2. The van der Waals surface area contributed by atoms with E-state index in [-0.39, 0.29) is 0 Å². The summed E-state index contributed by atoms with van der Waals surface area (Å²) in [5, 5.41) is 17.5. The van der Waals surface area contributed by atoms with Crippen molar-refractivity contribution in [3.8, 4) is 0 Å². The minimum atomic E-state index is -0.516. The molecule has 1 unspecified atom stereocenters. The lowest BCUT2D eigenvalue weighted by molar-refractivity contribution is 0.178. The number of aliphatic hydroxyl groups excluding tert-OH is 1. The molecule has 17 heavy (non-hydrogen) atoms. The number of rotatable bonds is 4. The molecule has 88 valence electrons. The molecule has 3 nitrogen and oxygen atoms in total. The SMILES string of the molecule is CCc1ccc(CC(O)c2ccnnc2)cc1. The topological polar surface area (TPSA) is 46.0 Å². The second kappa shape index (κ2) is 5.55. The molecule has 0 aliphatic heterocycles. The Morgan fingerprint density at radius 2 is 1.76 bits per heavy atom. The molecule has 1 atom stereocenters. The summed E-state index contributed by atoms with van der Waals surface area (Å²) in [5.74, 6) is 0. The summed E-state index contributed by atoms with van der Waals surface area (Å²) in [7, 11) is 0. The highest BCUT2D eigenvalue weighted by atomic mass is 16.3. The van der Waals surface area contributed by atoms with Gasteiger partial charge in [-0.15, -0.1) is 0 Å². The molecule has 1 aromatic carbocycles. The van der Waals surface area contributed by atoms with E-state index in [0.717, 1.165) is 17.5 Å². The molecule has 0 aliphatic rings. The standard InChI is InChI=1S/C14H16N2O/c1-2-11-3-5-12(6-4-11)9-14(17)13-7-8-15-16-10-13/h3-8,10,14,17H,2,9H2,1H3. The highest BCUT2D eigenvalue weighted by Crippen LogP contribution is 2.17. The fourth-order valence-corrected chi connectivity index (χ4v) is 1.75. The average molecular weight is 228 g/mol. The Labute approximate surface area is 101 Å². The Morgan fingerprint density at radius 1 is 1.06 bits per heavy atom. The molecule has 0 saturated heterocycles. The predicted molar refractivity (Wildman–Crippen MR) is 66.5 cm³/mol. The molecular weight excluding hydrogens is 212 g/mol. The van der Waals surface area contributed by atoms with Gasteiger partial charge in [-0.25, -0.2) is 0 Å². The first kappa shape index (κ1) is 11.7. The predicted octanol–water partition coefficient (Wildman–Crippen LogP) is 2.32. The van der Waals surface area contributed by atoms with Gasteiger partial charge in [0.25, 0.3) is 0 Å². The van der Waals surface area contributed by atoms with Crippen LogP contribution in [0.1, 0.15) is 29.7 Å². The van der Waals surface area contributed by atoms with Gasteiger partial charge < -0.3 is 5.11 Å². The summed E-state index contributed by atoms with van der Waals surface area (Å²) in [6.45, 7) is 2.13. The number of aromatic nitrogens is 2. The second-order valence-corrected chi connectivity index (χ2v) is 4.07. The molecule has 0 spiro atoms. The quantitative estimate of drug-likeness (QED) is 0.873. The number of hydrogen-bond acceptors (Lipinski definition) is 3. The van der Waals surface area contributed by atoms with Gasteiger partial charge >= 0.3 is 0 Å². The Hall–Kier alpha value is -1.74. The third kappa shape index (κ3) is 3.11. The molecular formula is C14H16N2O. The van der Waals surface area contributed by atoms with Gasteiger partial charge in [0.15, 0.2) is 0 Å². The van der Waals surface area contributed by atoms with Gasteiger partial charge in [0.05, 0.1) is 12.3 Å². The molecule has 1 heterocycles. The zero-order chi connectivity index (χ0) is 12.1. The van der Waals surface area contributed by atoms with Crippen LogP contribution in [0.25, 0.3) is 0 Å². The lowest BCUT2D eigenvalue weighted by atomic mass is 10.0. The molecule has 3 heteroatoms. The Bertz CT molecular complexity index is 453. The number of benzene rings is 1. The van der Waals surface area contributed by atoms with E-state index in [4.69, 9.17) is 0 Å². The van der Waals surface area contributed by atoms with Crippen LogP contribution in [-0.2, 0) is 12.8 Å². The summed E-state index contributed by atoms with van der Waals surface area (Å²) in [6.07, 6.45) is 4.33. The maximum absolute atomic E-state index is 10.0. The van der Waals surface area contributed by atoms with Crippen LogP contribution in [0, 0.1) is 0 Å². The number of aryl methyl sites for hydroxylation is 1. The zero-order valence-electron chi connectivity index (χ0n) is 9.87. The molecule has 0 bridgehead atoms. The van der Waals surface area contributed by atoms with Crippen LogP contribution in [0.5, 0.6) is 0 Å². The summed E-state index contributed by atoms with van der Waals surface area (Å²) in [4.78, 5) is 0. The Morgan fingerprint density at radius 3 is 2.35 bits per heavy atom. The lowest BCUT2D eigenvalue weighted by Gasteiger charge is -2.10. The molecule has 0 aliphatic carbocycles. The highest BCUT2D eigenvalue weighted by molar-refractivity contribution is 5.24. The molecule has 0 saturated carbocycles. The van der Waals surface area contributed by atoms with Crippen molar-refractivity contribution in [1.29, 1.82) is 0 Å². The molecule has 1 N–H and O–H groups in total. The summed E-state index contributed by atoms with van der Waals surface area (Å²) in [6, 6.07) is 10.1. The first-order valence-electron chi connectivity index (χ1n) is 5.82.